The van der Waals surface area contributed by atoms with Crippen molar-refractivity contribution in [2.75, 3.05) is 39.2 Å². The maximum absolute atomic E-state index is 12.1. The van der Waals surface area contributed by atoms with Crippen molar-refractivity contribution >= 4 is 17.5 Å². The average molecular weight is 363 g/mol. The highest BCUT2D eigenvalue weighted by Gasteiger charge is 2.22. The quantitative estimate of drug-likeness (QED) is 0.755. The van der Waals surface area contributed by atoms with Crippen LogP contribution < -0.4 is 20.1 Å². The normalized spacial score (nSPS) is 15.6. The molecule has 1 aromatic rings. The van der Waals surface area contributed by atoms with Gasteiger partial charge in [-0.1, -0.05) is 0 Å². The molecule has 1 aromatic carbocycles. The predicted molar refractivity (Wildman–Crippen MR) is 101 cm³/mol. The van der Waals surface area contributed by atoms with Crippen LogP contribution in [0.5, 0.6) is 11.5 Å². The molecule has 0 radical (unpaired) electrons. The van der Waals surface area contributed by atoms with Crippen LogP contribution in [0.2, 0.25) is 0 Å². The number of likely N-dealkylation sites (tertiary alicyclic amines) is 1. The van der Waals surface area contributed by atoms with Crippen LogP contribution in [0, 0.1) is 5.92 Å². The van der Waals surface area contributed by atoms with E-state index in [0.717, 1.165) is 25.9 Å². The number of hydrogen-bond acceptors (Lipinski definition) is 5. The van der Waals surface area contributed by atoms with E-state index in [2.05, 4.69) is 29.4 Å². The molecule has 0 saturated carbocycles. The van der Waals surface area contributed by atoms with Crippen molar-refractivity contribution in [1.82, 2.24) is 10.2 Å². The van der Waals surface area contributed by atoms with Gasteiger partial charge in [0, 0.05) is 24.3 Å². The zero-order chi connectivity index (χ0) is 19.1. The summed E-state index contributed by atoms with van der Waals surface area (Å²) in [5.41, 5.74) is 0.480. The number of piperidine rings is 1. The molecule has 7 nitrogen and oxygen atoms in total. The second-order valence-corrected chi connectivity index (χ2v) is 6.81. The summed E-state index contributed by atoms with van der Waals surface area (Å²) < 4.78 is 10.3. The van der Waals surface area contributed by atoms with E-state index >= 15 is 0 Å². The Bertz CT molecular complexity index is 625. The lowest BCUT2D eigenvalue weighted by Gasteiger charge is -2.34. The lowest BCUT2D eigenvalue weighted by atomic mass is 9.96. The van der Waals surface area contributed by atoms with Crippen LogP contribution in [0.15, 0.2) is 18.2 Å². The Morgan fingerprint density at radius 2 is 1.77 bits per heavy atom. The van der Waals surface area contributed by atoms with E-state index in [4.69, 9.17) is 9.47 Å². The van der Waals surface area contributed by atoms with Crippen molar-refractivity contribution < 1.29 is 19.1 Å². The Kier molecular flexibility index (Phi) is 7.26. The first-order chi connectivity index (χ1) is 12.4. The SMILES string of the molecule is COc1ccc(NC(=O)C(=O)NCC2CCN(C(C)C)CC2)cc1OC. The first-order valence-electron chi connectivity index (χ1n) is 8.99. The first-order valence-corrected chi connectivity index (χ1v) is 8.99. The van der Waals surface area contributed by atoms with Gasteiger partial charge in [0.2, 0.25) is 0 Å². The molecule has 0 bridgehead atoms. The molecule has 2 rings (SSSR count). The molecule has 7 heteroatoms. The number of anilines is 1. The Hall–Kier alpha value is -2.28. The Labute approximate surface area is 155 Å². The molecule has 1 saturated heterocycles. The number of hydrogen-bond donors (Lipinski definition) is 2. The summed E-state index contributed by atoms with van der Waals surface area (Å²) in [7, 11) is 3.05. The first kappa shape index (κ1) is 20.0. The van der Waals surface area contributed by atoms with Crippen molar-refractivity contribution in [2.24, 2.45) is 5.92 Å². The van der Waals surface area contributed by atoms with Gasteiger partial charge in [-0.15, -0.1) is 0 Å². The zero-order valence-corrected chi connectivity index (χ0v) is 16.0. The van der Waals surface area contributed by atoms with Crippen LogP contribution in [-0.2, 0) is 9.59 Å². The van der Waals surface area contributed by atoms with Crippen molar-refractivity contribution in [3.63, 3.8) is 0 Å². The van der Waals surface area contributed by atoms with E-state index in [-0.39, 0.29) is 0 Å². The summed E-state index contributed by atoms with van der Waals surface area (Å²) in [6.07, 6.45) is 2.07. The molecule has 0 unspecified atom stereocenters. The zero-order valence-electron chi connectivity index (χ0n) is 16.0. The third kappa shape index (κ3) is 5.36. The van der Waals surface area contributed by atoms with Gasteiger partial charge >= 0.3 is 11.8 Å². The van der Waals surface area contributed by atoms with Crippen LogP contribution in [0.25, 0.3) is 0 Å². The molecule has 1 fully saturated rings. The number of carbonyl (C=O) groups is 2. The summed E-state index contributed by atoms with van der Waals surface area (Å²) in [5.74, 6) is 0.163. The highest BCUT2D eigenvalue weighted by molar-refractivity contribution is 6.39. The minimum atomic E-state index is -0.683. The van der Waals surface area contributed by atoms with Crippen LogP contribution in [0.1, 0.15) is 26.7 Å². The summed E-state index contributed by atoms with van der Waals surface area (Å²) in [6, 6.07) is 5.51. The maximum atomic E-state index is 12.1. The molecule has 26 heavy (non-hydrogen) atoms. The van der Waals surface area contributed by atoms with Gasteiger partial charge in [-0.05, 0) is 57.8 Å². The number of methoxy groups -OCH3 is 2. The van der Waals surface area contributed by atoms with E-state index in [0.29, 0.717) is 35.7 Å². The Morgan fingerprint density at radius 3 is 2.35 bits per heavy atom. The topological polar surface area (TPSA) is 79.9 Å². The molecule has 1 aliphatic heterocycles. The molecule has 0 aliphatic carbocycles. The second-order valence-electron chi connectivity index (χ2n) is 6.81. The van der Waals surface area contributed by atoms with Crippen LogP contribution >= 0.6 is 0 Å². The number of amides is 2. The summed E-state index contributed by atoms with van der Waals surface area (Å²) in [5, 5.41) is 5.32. The highest BCUT2D eigenvalue weighted by atomic mass is 16.5. The van der Waals surface area contributed by atoms with Gasteiger partial charge in [-0.3, -0.25) is 9.59 Å². The van der Waals surface area contributed by atoms with Crippen molar-refractivity contribution in [1.29, 1.82) is 0 Å². The minimum absolute atomic E-state index is 0.419. The monoisotopic (exact) mass is 363 g/mol. The van der Waals surface area contributed by atoms with Gasteiger partial charge in [0.25, 0.3) is 0 Å². The van der Waals surface area contributed by atoms with Gasteiger partial charge in [-0.2, -0.15) is 0 Å². The van der Waals surface area contributed by atoms with Gasteiger partial charge < -0.3 is 25.0 Å². The molecular formula is C19H29N3O4. The minimum Gasteiger partial charge on any atom is -0.493 e. The third-order valence-electron chi connectivity index (χ3n) is 4.78. The predicted octanol–water partition coefficient (Wildman–Crippen LogP) is 1.88. The van der Waals surface area contributed by atoms with E-state index < -0.39 is 11.8 Å². The van der Waals surface area contributed by atoms with Gasteiger partial charge in [-0.25, -0.2) is 0 Å². The summed E-state index contributed by atoms with van der Waals surface area (Å²) in [4.78, 5) is 26.6. The van der Waals surface area contributed by atoms with E-state index in [1.54, 1.807) is 18.2 Å². The lowest BCUT2D eigenvalue weighted by Crippen LogP contribution is -2.43. The molecule has 0 atom stereocenters. The molecule has 144 valence electrons. The fraction of sp³-hybridized carbons (Fsp3) is 0.579. The van der Waals surface area contributed by atoms with Crippen molar-refractivity contribution in [2.45, 2.75) is 32.7 Å². The van der Waals surface area contributed by atoms with E-state index in [1.165, 1.54) is 14.2 Å². The maximum Gasteiger partial charge on any atom is 0.313 e. The van der Waals surface area contributed by atoms with Crippen LogP contribution in [0.3, 0.4) is 0 Å². The molecule has 2 amide bonds. The van der Waals surface area contributed by atoms with Gasteiger partial charge in [0.1, 0.15) is 0 Å². The second kappa shape index (κ2) is 9.43. The smallest absolute Gasteiger partial charge is 0.313 e. The molecule has 2 N–H and O–H groups in total. The molecular weight excluding hydrogens is 334 g/mol. The number of carbonyl (C=O) groups excluding carboxylic acids is 2. The molecule has 1 heterocycles. The number of nitrogens with zero attached hydrogens (tertiary/aromatic N) is 1. The largest absolute Gasteiger partial charge is 0.493 e. The average Bonchev–Trinajstić information content (AvgIpc) is 2.66. The number of nitrogens with one attached hydrogen (secondary N) is 2. The number of benzene rings is 1. The lowest BCUT2D eigenvalue weighted by molar-refractivity contribution is -0.136. The fourth-order valence-corrected chi connectivity index (χ4v) is 3.09. The Morgan fingerprint density at radius 1 is 1.12 bits per heavy atom. The fourth-order valence-electron chi connectivity index (χ4n) is 3.09. The van der Waals surface area contributed by atoms with Crippen LogP contribution in [0.4, 0.5) is 5.69 Å². The third-order valence-corrected chi connectivity index (χ3v) is 4.78. The van der Waals surface area contributed by atoms with Crippen LogP contribution in [-0.4, -0.2) is 56.6 Å². The van der Waals surface area contributed by atoms with E-state index in [1.807, 2.05) is 0 Å². The highest BCUT2D eigenvalue weighted by Crippen LogP contribution is 2.29. The molecule has 0 spiro atoms. The standard InChI is InChI=1S/C19H29N3O4/c1-13(2)22-9-7-14(8-10-22)12-20-18(23)19(24)21-15-5-6-16(25-3)17(11-15)26-4/h5-6,11,13-14H,7-10,12H2,1-4H3,(H,20,23)(H,21,24). The number of ether oxygens (including phenoxy) is 2. The number of rotatable bonds is 6. The van der Waals surface area contributed by atoms with Crippen molar-refractivity contribution in [3.8, 4) is 11.5 Å². The van der Waals surface area contributed by atoms with E-state index in [9.17, 15) is 9.59 Å². The molecule has 0 aromatic heterocycles. The Balaban J connectivity index is 1.80. The molecule has 1 aliphatic rings. The summed E-state index contributed by atoms with van der Waals surface area (Å²) >= 11 is 0. The van der Waals surface area contributed by atoms with Gasteiger partial charge in [0.05, 0.1) is 14.2 Å². The van der Waals surface area contributed by atoms with Gasteiger partial charge in [0.15, 0.2) is 11.5 Å². The summed E-state index contributed by atoms with van der Waals surface area (Å²) in [6.45, 7) is 7.00. The van der Waals surface area contributed by atoms with Crippen molar-refractivity contribution in [3.05, 3.63) is 18.2 Å².